The zero-order valence-electron chi connectivity index (χ0n) is 16.3. The fraction of sp³-hybridized carbons (Fsp3) is 0.182. The Hall–Kier alpha value is -3.72. The Kier molecular flexibility index (Phi) is 5.37. The van der Waals surface area contributed by atoms with Crippen LogP contribution in [-0.2, 0) is 0 Å². The van der Waals surface area contributed by atoms with Crippen molar-refractivity contribution in [1.82, 2.24) is 9.97 Å². The Morgan fingerprint density at radius 1 is 0.964 bits per heavy atom. The summed E-state index contributed by atoms with van der Waals surface area (Å²) in [5.41, 5.74) is 5.78. The Balaban J connectivity index is 1.85. The van der Waals surface area contributed by atoms with Gasteiger partial charge in [-0.15, -0.1) is 0 Å². The Bertz CT molecular complexity index is 1060. The quantitative estimate of drug-likeness (QED) is 0.700. The molecule has 0 bridgehead atoms. The van der Waals surface area contributed by atoms with Gasteiger partial charge in [-0.05, 0) is 63.1 Å². The van der Waals surface area contributed by atoms with Crippen LogP contribution in [0.25, 0.3) is 0 Å². The van der Waals surface area contributed by atoms with Crippen molar-refractivity contribution >= 4 is 23.1 Å². The minimum Gasteiger partial charge on any atom is -0.340 e. The summed E-state index contributed by atoms with van der Waals surface area (Å²) < 4.78 is 0. The third-order valence-electron chi connectivity index (χ3n) is 4.27. The van der Waals surface area contributed by atoms with Crippen molar-refractivity contribution in [2.75, 3.05) is 10.6 Å². The molecule has 0 aliphatic carbocycles. The summed E-state index contributed by atoms with van der Waals surface area (Å²) in [6.07, 6.45) is 0. The van der Waals surface area contributed by atoms with Crippen molar-refractivity contribution < 1.29 is 4.79 Å². The van der Waals surface area contributed by atoms with E-state index in [9.17, 15) is 4.79 Å². The van der Waals surface area contributed by atoms with E-state index in [0.717, 1.165) is 16.8 Å². The number of benzene rings is 2. The Morgan fingerprint density at radius 3 is 2.21 bits per heavy atom. The molecule has 6 nitrogen and oxygen atoms in total. The first-order valence-corrected chi connectivity index (χ1v) is 8.88. The van der Waals surface area contributed by atoms with E-state index in [1.54, 1.807) is 37.3 Å². The number of amides is 1. The molecule has 0 saturated carbocycles. The van der Waals surface area contributed by atoms with Crippen LogP contribution in [0.5, 0.6) is 0 Å². The predicted octanol–water partition coefficient (Wildman–Crippen LogP) is 4.58. The molecule has 0 unspecified atom stereocenters. The molecule has 0 radical (unpaired) electrons. The number of hydrogen-bond donors (Lipinski definition) is 2. The van der Waals surface area contributed by atoms with Gasteiger partial charge in [0.15, 0.2) is 0 Å². The second kappa shape index (κ2) is 7.89. The van der Waals surface area contributed by atoms with Crippen LogP contribution >= 0.6 is 0 Å². The van der Waals surface area contributed by atoms with Crippen molar-refractivity contribution in [2.24, 2.45) is 0 Å². The number of nitrogens with one attached hydrogen (secondary N) is 2. The van der Waals surface area contributed by atoms with Gasteiger partial charge in [0.2, 0.25) is 0 Å². The molecule has 3 aromatic rings. The number of hydrogen-bond acceptors (Lipinski definition) is 5. The monoisotopic (exact) mass is 371 g/mol. The van der Waals surface area contributed by atoms with Crippen molar-refractivity contribution in [3.8, 4) is 6.07 Å². The first-order valence-electron chi connectivity index (χ1n) is 8.88. The normalized spacial score (nSPS) is 10.2. The fourth-order valence-corrected chi connectivity index (χ4v) is 3.08. The van der Waals surface area contributed by atoms with Gasteiger partial charge in [-0.25, -0.2) is 9.97 Å². The summed E-state index contributed by atoms with van der Waals surface area (Å²) in [6.45, 7) is 7.88. The average Bonchev–Trinajstić information content (AvgIpc) is 2.65. The van der Waals surface area contributed by atoms with Crippen LogP contribution in [-0.4, -0.2) is 15.9 Å². The van der Waals surface area contributed by atoms with Crippen molar-refractivity contribution in [1.29, 1.82) is 5.26 Å². The van der Waals surface area contributed by atoms with E-state index in [1.165, 1.54) is 5.56 Å². The molecule has 0 fully saturated rings. The van der Waals surface area contributed by atoms with Gasteiger partial charge >= 0.3 is 0 Å². The van der Waals surface area contributed by atoms with Crippen LogP contribution in [0, 0.1) is 39.0 Å². The molecule has 0 saturated heterocycles. The summed E-state index contributed by atoms with van der Waals surface area (Å²) in [4.78, 5) is 21.3. The van der Waals surface area contributed by atoms with Gasteiger partial charge < -0.3 is 10.6 Å². The number of rotatable bonds is 4. The Morgan fingerprint density at radius 2 is 1.61 bits per heavy atom. The lowest BCUT2D eigenvalue weighted by molar-refractivity contribution is 0.102. The summed E-state index contributed by atoms with van der Waals surface area (Å²) in [7, 11) is 0. The van der Waals surface area contributed by atoms with Gasteiger partial charge in [-0.2, -0.15) is 5.26 Å². The highest BCUT2D eigenvalue weighted by Crippen LogP contribution is 2.25. The van der Waals surface area contributed by atoms with E-state index in [-0.39, 0.29) is 11.6 Å². The highest BCUT2D eigenvalue weighted by Gasteiger charge is 2.13. The number of carbonyl (C=O) groups excluding carboxylic acids is 1. The molecular formula is C22H21N5O. The van der Waals surface area contributed by atoms with Crippen LogP contribution in [0.15, 0.2) is 42.5 Å². The van der Waals surface area contributed by atoms with Crippen LogP contribution in [0.2, 0.25) is 0 Å². The summed E-state index contributed by atoms with van der Waals surface area (Å²) in [5, 5.41) is 15.0. The van der Waals surface area contributed by atoms with Gasteiger partial charge in [0.25, 0.3) is 5.91 Å². The van der Waals surface area contributed by atoms with Gasteiger partial charge in [-0.3, -0.25) is 4.79 Å². The highest BCUT2D eigenvalue weighted by molar-refractivity contribution is 6.03. The molecule has 1 amide bonds. The van der Waals surface area contributed by atoms with Crippen LogP contribution in [0.4, 0.5) is 17.2 Å². The second-order valence-corrected chi connectivity index (χ2v) is 6.73. The van der Waals surface area contributed by atoms with E-state index in [0.29, 0.717) is 22.9 Å². The largest absolute Gasteiger partial charge is 0.340 e. The van der Waals surface area contributed by atoms with Gasteiger partial charge in [0, 0.05) is 17.4 Å². The SMILES string of the molecule is Cc1cc(C)c(Nc2cc(C(=O)Nc3ccc(C#N)cc3)nc(C)n2)c(C)c1. The van der Waals surface area contributed by atoms with Crippen molar-refractivity contribution in [3.05, 3.63) is 76.2 Å². The maximum absolute atomic E-state index is 12.6. The standard InChI is InChI=1S/C22H21N5O/c1-13-9-14(2)21(15(3)10-13)27-20-11-19(24-16(4)25-20)22(28)26-18-7-5-17(12-23)6-8-18/h5-11H,1-4H3,(H,26,28)(H,24,25,27). The van der Waals surface area contributed by atoms with E-state index in [1.807, 2.05) is 19.9 Å². The van der Waals surface area contributed by atoms with Crippen LogP contribution in [0.1, 0.15) is 38.6 Å². The number of carbonyl (C=O) groups is 1. The van der Waals surface area contributed by atoms with Crippen LogP contribution in [0.3, 0.4) is 0 Å². The molecule has 2 aromatic carbocycles. The maximum atomic E-state index is 12.6. The lowest BCUT2D eigenvalue weighted by atomic mass is 10.1. The van der Waals surface area contributed by atoms with Gasteiger partial charge in [-0.1, -0.05) is 17.7 Å². The average molecular weight is 371 g/mol. The molecule has 6 heteroatoms. The minimum absolute atomic E-state index is 0.266. The molecule has 140 valence electrons. The van der Waals surface area contributed by atoms with E-state index < -0.39 is 0 Å². The molecule has 0 aliphatic heterocycles. The summed E-state index contributed by atoms with van der Waals surface area (Å²) >= 11 is 0. The zero-order valence-corrected chi connectivity index (χ0v) is 16.3. The van der Waals surface area contributed by atoms with Crippen LogP contribution < -0.4 is 10.6 Å². The number of nitrogens with zero attached hydrogens (tertiary/aromatic N) is 3. The smallest absolute Gasteiger partial charge is 0.274 e. The molecule has 3 rings (SSSR count). The van der Waals surface area contributed by atoms with Crippen molar-refractivity contribution in [3.63, 3.8) is 0 Å². The van der Waals surface area contributed by atoms with E-state index in [4.69, 9.17) is 5.26 Å². The highest BCUT2D eigenvalue weighted by atomic mass is 16.1. The van der Waals surface area contributed by atoms with E-state index in [2.05, 4.69) is 39.7 Å². The van der Waals surface area contributed by atoms with Crippen molar-refractivity contribution in [2.45, 2.75) is 27.7 Å². The number of anilines is 3. The summed E-state index contributed by atoms with van der Waals surface area (Å²) in [5.74, 6) is 0.723. The first kappa shape index (κ1) is 19.1. The fourth-order valence-electron chi connectivity index (χ4n) is 3.08. The first-order chi connectivity index (χ1) is 13.4. The Labute approximate surface area is 164 Å². The molecule has 1 heterocycles. The molecule has 0 spiro atoms. The van der Waals surface area contributed by atoms with Gasteiger partial charge in [0.05, 0.1) is 11.6 Å². The maximum Gasteiger partial charge on any atom is 0.274 e. The second-order valence-electron chi connectivity index (χ2n) is 6.73. The number of nitriles is 1. The topological polar surface area (TPSA) is 90.7 Å². The lowest BCUT2D eigenvalue weighted by Gasteiger charge is -2.14. The van der Waals surface area contributed by atoms with Gasteiger partial charge in [0.1, 0.15) is 17.3 Å². The lowest BCUT2D eigenvalue weighted by Crippen LogP contribution is -2.15. The molecule has 0 aliphatic rings. The van der Waals surface area contributed by atoms with E-state index >= 15 is 0 Å². The molecule has 2 N–H and O–H groups in total. The molecule has 28 heavy (non-hydrogen) atoms. The third kappa shape index (κ3) is 4.33. The minimum atomic E-state index is -0.337. The molecular weight excluding hydrogens is 350 g/mol. The summed E-state index contributed by atoms with van der Waals surface area (Å²) in [6, 6.07) is 14.5. The number of aromatic nitrogens is 2. The zero-order chi connectivity index (χ0) is 20.3. The number of aryl methyl sites for hydroxylation is 4. The molecule has 0 atom stereocenters. The predicted molar refractivity (Wildman–Crippen MR) is 110 cm³/mol. The third-order valence-corrected chi connectivity index (χ3v) is 4.27. The molecule has 1 aromatic heterocycles.